The van der Waals surface area contributed by atoms with Crippen LogP contribution in [0.15, 0.2) is 24.3 Å². The highest BCUT2D eigenvalue weighted by atomic mass is 16.5. The number of hydrogen-bond acceptors (Lipinski definition) is 4. The molecular weight excluding hydrogens is 230 g/mol. The van der Waals surface area contributed by atoms with Crippen molar-refractivity contribution < 1.29 is 14.6 Å². The summed E-state index contributed by atoms with van der Waals surface area (Å²) in [5, 5.41) is 10.3. The SMILES string of the molecule is COc1ccccc1C(O)CN1CCOCC1C. The Balaban J connectivity index is 2.04. The van der Waals surface area contributed by atoms with E-state index in [1.165, 1.54) is 0 Å². The van der Waals surface area contributed by atoms with Gasteiger partial charge in [0.2, 0.25) is 0 Å². The Morgan fingerprint density at radius 2 is 2.28 bits per heavy atom. The number of methoxy groups -OCH3 is 1. The molecule has 18 heavy (non-hydrogen) atoms. The van der Waals surface area contributed by atoms with Crippen molar-refractivity contribution in [2.45, 2.75) is 19.1 Å². The summed E-state index contributed by atoms with van der Waals surface area (Å²) in [6.45, 7) is 5.08. The van der Waals surface area contributed by atoms with Crippen LogP contribution in [0.2, 0.25) is 0 Å². The smallest absolute Gasteiger partial charge is 0.124 e. The average Bonchev–Trinajstić information content (AvgIpc) is 2.41. The molecule has 0 spiro atoms. The van der Waals surface area contributed by atoms with Crippen molar-refractivity contribution in [3.05, 3.63) is 29.8 Å². The molecule has 1 aliphatic heterocycles. The van der Waals surface area contributed by atoms with E-state index in [4.69, 9.17) is 9.47 Å². The van der Waals surface area contributed by atoms with Crippen LogP contribution in [0.3, 0.4) is 0 Å². The summed E-state index contributed by atoms with van der Waals surface area (Å²) in [6.07, 6.45) is -0.526. The second-order valence-electron chi connectivity index (χ2n) is 4.68. The second-order valence-corrected chi connectivity index (χ2v) is 4.68. The lowest BCUT2D eigenvalue weighted by Crippen LogP contribution is -2.45. The monoisotopic (exact) mass is 251 g/mol. The summed E-state index contributed by atoms with van der Waals surface area (Å²) in [5.74, 6) is 0.742. The van der Waals surface area contributed by atoms with Crippen LogP contribution >= 0.6 is 0 Å². The van der Waals surface area contributed by atoms with Crippen molar-refractivity contribution >= 4 is 0 Å². The standard InChI is InChI=1S/C14H21NO3/c1-11-10-18-8-7-15(11)9-13(16)12-5-3-4-6-14(12)17-2/h3-6,11,13,16H,7-10H2,1-2H3. The highest BCUT2D eigenvalue weighted by molar-refractivity contribution is 5.35. The maximum atomic E-state index is 10.3. The molecule has 0 aliphatic carbocycles. The van der Waals surface area contributed by atoms with Crippen LogP contribution in [0.1, 0.15) is 18.6 Å². The summed E-state index contributed by atoms with van der Waals surface area (Å²) in [5.41, 5.74) is 0.846. The topological polar surface area (TPSA) is 41.9 Å². The fourth-order valence-corrected chi connectivity index (χ4v) is 2.29. The molecule has 2 rings (SSSR count). The molecule has 1 heterocycles. The van der Waals surface area contributed by atoms with Gasteiger partial charge in [0.05, 0.1) is 26.4 Å². The van der Waals surface area contributed by atoms with Crippen LogP contribution in [0.5, 0.6) is 5.75 Å². The predicted molar refractivity (Wildman–Crippen MR) is 69.8 cm³/mol. The van der Waals surface area contributed by atoms with Crippen LogP contribution < -0.4 is 4.74 Å². The van der Waals surface area contributed by atoms with Gasteiger partial charge in [0.25, 0.3) is 0 Å². The molecule has 1 aromatic carbocycles. The van der Waals surface area contributed by atoms with Gasteiger partial charge in [0.15, 0.2) is 0 Å². The van der Waals surface area contributed by atoms with Crippen LogP contribution in [-0.4, -0.2) is 49.5 Å². The van der Waals surface area contributed by atoms with Crippen LogP contribution in [0.4, 0.5) is 0 Å². The van der Waals surface area contributed by atoms with Gasteiger partial charge in [-0.2, -0.15) is 0 Å². The number of β-amino-alcohol motifs (C(OH)–C–C–N with tert-alkyl or cyclic N) is 1. The molecular formula is C14H21NO3. The number of morpholine rings is 1. The molecule has 2 unspecified atom stereocenters. The Labute approximate surface area is 108 Å². The number of nitrogens with zero attached hydrogens (tertiary/aromatic N) is 1. The van der Waals surface area contributed by atoms with Gasteiger partial charge in [0, 0.05) is 24.7 Å². The first-order valence-corrected chi connectivity index (χ1v) is 6.35. The van der Waals surface area contributed by atoms with Gasteiger partial charge >= 0.3 is 0 Å². The van der Waals surface area contributed by atoms with Crippen molar-refractivity contribution in [2.24, 2.45) is 0 Å². The van der Waals surface area contributed by atoms with E-state index in [1.54, 1.807) is 7.11 Å². The van der Waals surface area contributed by atoms with E-state index in [1.807, 2.05) is 24.3 Å². The van der Waals surface area contributed by atoms with E-state index in [9.17, 15) is 5.11 Å². The quantitative estimate of drug-likeness (QED) is 0.879. The zero-order valence-electron chi connectivity index (χ0n) is 11.0. The Kier molecular flexibility index (Phi) is 4.58. The molecule has 4 nitrogen and oxygen atoms in total. The Bertz CT molecular complexity index is 383. The highest BCUT2D eigenvalue weighted by Crippen LogP contribution is 2.26. The van der Waals surface area contributed by atoms with Crippen molar-refractivity contribution in [1.82, 2.24) is 4.90 Å². The van der Waals surface area contributed by atoms with Gasteiger partial charge in [-0.3, -0.25) is 4.90 Å². The normalized spacial score (nSPS) is 22.7. The van der Waals surface area contributed by atoms with E-state index in [2.05, 4.69) is 11.8 Å². The predicted octanol–water partition coefficient (Wildman–Crippen LogP) is 1.45. The van der Waals surface area contributed by atoms with Crippen LogP contribution in [0.25, 0.3) is 0 Å². The lowest BCUT2D eigenvalue weighted by atomic mass is 10.1. The maximum absolute atomic E-state index is 10.3. The van der Waals surface area contributed by atoms with Gasteiger partial charge in [0.1, 0.15) is 5.75 Å². The molecule has 1 N–H and O–H groups in total. The first-order valence-electron chi connectivity index (χ1n) is 6.35. The van der Waals surface area contributed by atoms with Crippen LogP contribution in [-0.2, 0) is 4.74 Å². The van der Waals surface area contributed by atoms with Gasteiger partial charge in [-0.25, -0.2) is 0 Å². The van der Waals surface area contributed by atoms with Crippen molar-refractivity contribution in [3.8, 4) is 5.75 Å². The van der Waals surface area contributed by atoms with Gasteiger partial charge in [-0.15, -0.1) is 0 Å². The molecule has 0 bridgehead atoms. The fraction of sp³-hybridized carbons (Fsp3) is 0.571. The summed E-state index contributed by atoms with van der Waals surface area (Å²) in [6, 6.07) is 7.97. The average molecular weight is 251 g/mol. The zero-order chi connectivity index (χ0) is 13.0. The first-order chi connectivity index (χ1) is 8.72. The van der Waals surface area contributed by atoms with Crippen molar-refractivity contribution in [2.75, 3.05) is 33.4 Å². The number of rotatable bonds is 4. The maximum Gasteiger partial charge on any atom is 0.124 e. The van der Waals surface area contributed by atoms with Crippen molar-refractivity contribution in [1.29, 1.82) is 0 Å². The minimum atomic E-state index is -0.526. The minimum absolute atomic E-state index is 0.350. The minimum Gasteiger partial charge on any atom is -0.496 e. The van der Waals surface area contributed by atoms with E-state index < -0.39 is 6.10 Å². The molecule has 1 aromatic rings. The molecule has 1 saturated heterocycles. The number of hydrogen-bond donors (Lipinski definition) is 1. The summed E-state index contributed by atoms with van der Waals surface area (Å²) < 4.78 is 10.7. The number of aliphatic hydroxyl groups is 1. The fourth-order valence-electron chi connectivity index (χ4n) is 2.29. The molecule has 0 radical (unpaired) electrons. The number of benzene rings is 1. The van der Waals surface area contributed by atoms with Gasteiger partial charge in [-0.05, 0) is 13.0 Å². The first kappa shape index (κ1) is 13.3. The Morgan fingerprint density at radius 3 is 3.00 bits per heavy atom. The third-order valence-electron chi connectivity index (χ3n) is 3.41. The molecule has 2 atom stereocenters. The summed E-state index contributed by atoms with van der Waals surface area (Å²) >= 11 is 0. The Hall–Kier alpha value is -1.10. The third kappa shape index (κ3) is 3.02. The number of para-hydroxylation sites is 1. The zero-order valence-corrected chi connectivity index (χ0v) is 11.0. The highest BCUT2D eigenvalue weighted by Gasteiger charge is 2.23. The van der Waals surface area contributed by atoms with E-state index >= 15 is 0 Å². The third-order valence-corrected chi connectivity index (χ3v) is 3.41. The summed E-state index contributed by atoms with van der Waals surface area (Å²) in [7, 11) is 1.63. The largest absolute Gasteiger partial charge is 0.496 e. The molecule has 4 heteroatoms. The van der Waals surface area contributed by atoms with E-state index in [-0.39, 0.29) is 0 Å². The van der Waals surface area contributed by atoms with Gasteiger partial charge in [-0.1, -0.05) is 18.2 Å². The molecule has 0 aromatic heterocycles. The molecule has 100 valence electrons. The number of aliphatic hydroxyl groups excluding tert-OH is 1. The molecule has 0 saturated carbocycles. The second kappa shape index (κ2) is 6.18. The molecule has 0 amide bonds. The van der Waals surface area contributed by atoms with E-state index in [0.717, 1.165) is 31.1 Å². The lowest BCUT2D eigenvalue weighted by Gasteiger charge is -2.34. The molecule has 1 fully saturated rings. The van der Waals surface area contributed by atoms with Crippen LogP contribution in [0, 0.1) is 0 Å². The molecule has 1 aliphatic rings. The summed E-state index contributed by atoms with van der Waals surface area (Å²) in [4.78, 5) is 2.25. The van der Waals surface area contributed by atoms with Crippen molar-refractivity contribution in [3.63, 3.8) is 0 Å². The van der Waals surface area contributed by atoms with E-state index in [0.29, 0.717) is 12.6 Å². The lowest BCUT2D eigenvalue weighted by molar-refractivity contribution is -0.0205. The Morgan fingerprint density at radius 1 is 1.50 bits per heavy atom. The van der Waals surface area contributed by atoms with Gasteiger partial charge < -0.3 is 14.6 Å². The number of ether oxygens (including phenoxy) is 2.